The molecular formula is C15H24ClN. The Hall–Kier alpha value is -0.690. The maximum atomic E-state index is 5.81. The molecule has 0 spiro atoms. The molecule has 1 rings (SSSR count). The van der Waals surface area contributed by atoms with Crippen LogP contribution in [0.1, 0.15) is 45.1 Å². The molecule has 1 aromatic carbocycles. The van der Waals surface area contributed by atoms with Gasteiger partial charge in [0.25, 0.3) is 0 Å². The summed E-state index contributed by atoms with van der Waals surface area (Å²) in [5.41, 5.74) is 2.53. The van der Waals surface area contributed by atoms with E-state index in [1.807, 2.05) is 0 Å². The molecule has 0 radical (unpaired) electrons. The zero-order valence-corrected chi connectivity index (χ0v) is 11.8. The second kappa shape index (κ2) is 8.41. The average Bonchev–Trinajstić information content (AvgIpc) is 2.39. The van der Waals surface area contributed by atoms with Gasteiger partial charge in [-0.2, -0.15) is 0 Å². The molecule has 1 aromatic rings. The smallest absolute Gasteiger partial charge is 0.0474 e. The molecule has 0 atom stereocenters. The van der Waals surface area contributed by atoms with Gasteiger partial charge in [0, 0.05) is 24.7 Å². The van der Waals surface area contributed by atoms with Crippen LogP contribution in [0.2, 0.25) is 0 Å². The molecule has 0 aliphatic carbocycles. The highest BCUT2D eigenvalue weighted by molar-refractivity contribution is 6.17. The number of nitrogens with zero attached hydrogens (tertiary/aromatic N) is 1. The molecule has 1 nitrogen and oxygen atoms in total. The molecular weight excluding hydrogens is 230 g/mol. The van der Waals surface area contributed by atoms with Crippen LogP contribution in [0.15, 0.2) is 24.3 Å². The lowest BCUT2D eigenvalue weighted by Gasteiger charge is -2.24. The highest BCUT2D eigenvalue weighted by atomic mass is 35.5. The number of hydrogen-bond acceptors (Lipinski definition) is 1. The second-order valence-electron chi connectivity index (χ2n) is 4.49. The van der Waals surface area contributed by atoms with Gasteiger partial charge in [0.2, 0.25) is 0 Å². The molecule has 0 N–H and O–H groups in total. The molecule has 0 amide bonds. The third kappa shape index (κ3) is 4.99. The van der Waals surface area contributed by atoms with E-state index in [2.05, 4.69) is 43.0 Å². The maximum Gasteiger partial charge on any atom is 0.0474 e. The Morgan fingerprint density at radius 3 is 1.88 bits per heavy atom. The average molecular weight is 254 g/mol. The first-order valence-electron chi connectivity index (χ1n) is 6.71. The monoisotopic (exact) mass is 253 g/mol. The Kier molecular flexibility index (Phi) is 7.11. The zero-order chi connectivity index (χ0) is 12.5. The largest absolute Gasteiger partial charge is 0.372 e. The summed E-state index contributed by atoms with van der Waals surface area (Å²) in [6, 6.07) is 8.66. The van der Waals surface area contributed by atoms with Crippen molar-refractivity contribution in [1.82, 2.24) is 0 Å². The van der Waals surface area contributed by atoms with Crippen LogP contribution in [0.25, 0.3) is 0 Å². The molecule has 0 heterocycles. The van der Waals surface area contributed by atoms with Crippen molar-refractivity contribution in [3.8, 4) is 0 Å². The summed E-state index contributed by atoms with van der Waals surface area (Å²) < 4.78 is 0. The van der Waals surface area contributed by atoms with Crippen molar-refractivity contribution < 1.29 is 0 Å². The predicted molar refractivity (Wildman–Crippen MR) is 78.0 cm³/mol. The van der Waals surface area contributed by atoms with Crippen molar-refractivity contribution >= 4 is 17.3 Å². The lowest BCUT2D eigenvalue weighted by molar-refractivity contribution is 0.678. The minimum absolute atomic E-state index is 0.601. The Bertz CT molecular complexity index is 286. The lowest BCUT2D eigenvalue weighted by Crippen LogP contribution is -2.25. The molecule has 96 valence electrons. The van der Waals surface area contributed by atoms with Crippen molar-refractivity contribution in [3.63, 3.8) is 0 Å². The van der Waals surface area contributed by atoms with Crippen LogP contribution in [0.5, 0.6) is 0 Å². The van der Waals surface area contributed by atoms with Crippen LogP contribution in [0.3, 0.4) is 0 Å². The van der Waals surface area contributed by atoms with Crippen LogP contribution in [0, 0.1) is 0 Å². The van der Waals surface area contributed by atoms with Gasteiger partial charge in [-0.1, -0.05) is 38.8 Å². The number of alkyl halides is 1. The summed E-state index contributed by atoms with van der Waals surface area (Å²) in [7, 11) is 0. The van der Waals surface area contributed by atoms with Gasteiger partial charge in [0.1, 0.15) is 0 Å². The number of unbranched alkanes of at least 4 members (excludes halogenated alkanes) is 2. The second-order valence-corrected chi connectivity index (χ2v) is 4.76. The van der Waals surface area contributed by atoms with E-state index in [1.165, 1.54) is 36.9 Å². The number of halogens is 1. The fourth-order valence-corrected chi connectivity index (χ4v) is 2.04. The number of rotatable bonds is 8. The van der Waals surface area contributed by atoms with Crippen LogP contribution < -0.4 is 4.90 Å². The normalized spacial score (nSPS) is 10.5. The van der Waals surface area contributed by atoms with E-state index in [0.29, 0.717) is 5.88 Å². The van der Waals surface area contributed by atoms with Gasteiger partial charge >= 0.3 is 0 Å². The molecule has 0 unspecified atom stereocenters. The summed E-state index contributed by atoms with van der Waals surface area (Å²) in [6.45, 7) is 6.82. The highest BCUT2D eigenvalue weighted by Crippen LogP contribution is 2.17. The summed E-state index contributed by atoms with van der Waals surface area (Å²) in [5.74, 6) is 0.601. The van der Waals surface area contributed by atoms with E-state index in [-0.39, 0.29) is 0 Å². The van der Waals surface area contributed by atoms with Gasteiger partial charge in [-0.3, -0.25) is 0 Å². The lowest BCUT2D eigenvalue weighted by atomic mass is 10.2. The summed E-state index contributed by atoms with van der Waals surface area (Å²) >= 11 is 5.81. The summed E-state index contributed by atoms with van der Waals surface area (Å²) in [6.07, 6.45) is 5.03. The van der Waals surface area contributed by atoms with Crippen molar-refractivity contribution in [1.29, 1.82) is 0 Å². The number of anilines is 1. The number of benzene rings is 1. The van der Waals surface area contributed by atoms with Crippen LogP contribution in [0.4, 0.5) is 5.69 Å². The molecule has 0 aliphatic heterocycles. The van der Waals surface area contributed by atoms with Gasteiger partial charge in [-0.25, -0.2) is 0 Å². The Labute approximate surface area is 111 Å². The van der Waals surface area contributed by atoms with E-state index >= 15 is 0 Å². The minimum Gasteiger partial charge on any atom is -0.372 e. The SMILES string of the molecule is CCCCN(CCCC)c1ccc(CCl)cc1. The fourth-order valence-electron chi connectivity index (χ4n) is 1.86. The summed E-state index contributed by atoms with van der Waals surface area (Å²) in [5, 5.41) is 0. The quantitative estimate of drug-likeness (QED) is 0.600. The maximum absolute atomic E-state index is 5.81. The fraction of sp³-hybridized carbons (Fsp3) is 0.600. The topological polar surface area (TPSA) is 3.24 Å². The number of hydrogen-bond donors (Lipinski definition) is 0. The van der Waals surface area contributed by atoms with Gasteiger partial charge < -0.3 is 4.90 Å². The van der Waals surface area contributed by atoms with Crippen molar-refractivity contribution in [2.45, 2.75) is 45.4 Å². The van der Waals surface area contributed by atoms with Crippen molar-refractivity contribution in [3.05, 3.63) is 29.8 Å². The molecule has 2 heteroatoms. The van der Waals surface area contributed by atoms with E-state index in [1.54, 1.807) is 0 Å². The van der Waals surface area contributed by atoms with Crippen LogP contribution in [-0.2, 0) is 5.88 Å². The molecule has 0 aromatic heterocycles. The zero-order valence-electron chi connectivity index (χ0n) is 11.1. The van der Waals surface area contributed by atoms with Crippen LogP contribution in [-0.4, -0.2) is 13.1 Å². The van der Waals surface area contributed by atoms with Gasteiger partial charge in [0.15, 0.2) is 0 Å². The molecule has 0 saturated carbocycles. The van der Waals surface area contributed by atoms with Crippen molar-refractivity contribution in [2.24, 2.45) is 0 Å². The molecule has 0 bridgehead atoms. The highest BCUT2D eigenvalue weighted by Gasteiger charge is 2.05. The third-order valence-electron chi connectivity index (χ3n) is 3.02. The molecule has 17 heavy (non-hydrogen) atoms. The van der Waals surface area contributed by atoms with Gasteiger partial charge in [0.05, 0.1) is 0 Å². The van der Waals surface area contributed by atoms with Gasteiger partial charge in [-0.15, -0.1) is 11.6 Å². The van der Waals surface area contributed by atoms with E-state index in [9.17, 15) is 0 Å². The van der Waals surface area contributed by atoms with E-state index in [0.717, 1.165) is 13.1 Å². The van der Waals surface area contributed by atoms with Crippen molar-refractivity contribution in [2.75, 3.05) is 18.0 Å². The molecule has 0 saturated heterocycles. The molecule has 0 fully saturated rings. The minimum atomic E-state index is 0.601. The Morgan fingerprint density at radius 1 is 0.941 bits per heavy atom. The molecule has 0 aliphatic rings. The van der Waals surface area contributed by atoms with Crippen LogP contribution >= 0.6 is 11.6 Å². The van der Waals surface area contributed by atoms with E-state index in [4.69, 9.17) is 11.6 Å². The Morgan fingerprint density at radius 2 is 1.47 bits per heavy atom. The van der Waals surface area contributed by atoms with Gasteiger partial charge in [-0.05, 0) is 30.5 Å². The standard InChI is InChI=1S/C15H24ClN/c1-3-5-11-17(12-6-4-2)15-9-7-14(13-16)8-10-15/h7-10H,3-6,11-13H2,1-2H3. The third-order valence-corrected chi connectivity index (χ3v) is 3.33. The first-order valence-corrected chi connectivity index (χ1v) is 7.25. The first kappa shape index (κ1) is 14.4. The Balaban J connectivity index is 2.65. The van der Waals surface area contributed by atoms with E-state index < -0.39 is 0 Å². The summed E-state index contributed by atoms with van der Waals surface area (Å²) in [4.78, 5) is 2.49. The predicted octanol–water partition coefficient (Wildman–Crippen LogP) is 4.83. The first-order chi connectivity index (χ1) is 8.31.